The fourth-order valence-electron chi connectivity index (χ4n) is 2.06. The van der Waals surface area contributed by atoms with Gasteiger partial charge in [0.1, 0.15) is 0 Å². The van der Waals surface area contributed by atoms with Crippen molar-refractivity contribution < 1.29 is 14.3 Å². The van der Waals surface area contributed by atoms with Gasteiger partial charge in [-0.1, -0.05) is 26.7 Å². The van der Waals surface area contributed by atoms with Crippen LogP contribution in [0.25, 0.3) is 0 Å². The van der Waals surface area contributed by atoms with E-state index in [9.17, 15) is 9.59 Å². The lowest BCUT2D eigenvalue weighted by molar-refractivity contribution is -0.148. The molecule has 1 aromatic rings. The second-order valence-electron chi connectivity index (χ2n) is 5.99. The van der Waals surface area contributed by atoms with Gasteiger partial charge in [0.15, 0.2) is 6.61 Å². The first kappa shape index (κ1) is 18.6. The number of esters is 1. The standard InChI is InChI=1S/C16H26N2O3S/c1-11(2)6-5-7-12(3)17-15(19)9-21-16(20)8-14-10-22-13(4)18-14/h10-12H,5-9H2,1-4H3,(H,17,19). The van der Waals surface area contributed by atoms with Crippen molar-refractivity contribution in [3.63, 3.8) is 0 Å². The van der Waals surface area contributed by atoms with E-state index in [2.05, 4.69) is 24.1 Å². The van der Waals surface area contributed by atoms with Crippen LogP contribution in [0.3, 0.4) is 0 Å². The van der Waals surface area contributed by atoms with Gasteiger partial charge < -0.3 is 10.1 Å². The van der Waals surface area contributed by atoms with Crippen molar-refractivity contribution in [3.05, 3.63) is 16.1 Å². The molecule has 0 aliphatic rings. The summed E-state index contributed by atoms with van der Waals surface area (Å²) in [6.07, 6.45) is 3.29. The summed E-state index contributed by atoms with van der Waals surface area (Å²) in [5.41, 5.74) is 0.690. The van der Waals surface area contributed by atoms with Gasteiger partial charge in [-0.05, 0) is 26.2 Å². The Hall–Kier alpha value is -1.43. The largest absolute Gasteiger partial charge is 0.455 e. The van der Waals surface area contributed by atoms with E-state index in [0.29, 0.717) is 11.6 Å². The topological polar surface area (TPSA) is 68.3 Å². The quantitative estimate of drug-likeness (QED) is 0.709. The van der Waals surface area contributed by atoms with E-state index in [4.69, 9.17) is 4.74 Å². The summed E-state index contributed by atoms with van der Waals surface area (Å²) in [6, 6.07) is 0.103. The molecule has 0 radical (unpaired) electrons. The first-order valence-electron chi connectivity index (χ1n) is 7.72. The molecule has 22 heavy (non-hydrogen) atoms. The third kappa shape index (κ3) is 8.12. The van der Waals surface area contributed by atoms with Crippen molar-refractivity contribution in [2.24, 2.45) is 5.92 Å². The minimum Gasteiger partial charge on any atom is -0.455 e. The third-order valence-electron chi connectivity index (χ3n) is 3.18. The average molecular weight is 326 g/mol. The molecular weight excluding hydrogens is 300 g/mol. The van der Waals surface area contributed by atoms with Crippen molar-refractivity contribution in [1.29, 1.82) is 0 Å². The number of nitrogens with one attached hydrogen (secondary N) is 1. The molecule has 0 aromatic carbocycles. The van der Waals surface area contributed by atoms with Crippen molar-refractivity contribution in [2.75, 3.05) is 6.61 Å². The summed E-state index contributed by atoms with van der Waals surface area (Å²) >= 11 is 1.49. The van der Waals surface area contributed by atoms with E-state index in [1.807, 2.05) is 19.2 Å². The van der Waals surface area contributed by atoms with Crippen LogP contribution in [0.4, 0.5) is 0 Å². The van der Waals surface area contributed by atoms with Gasteiger partial charge >= 0.3 is 5.97 Å². The molecule has 1 aromatic heterocycles. The molecule has 1 amide bonds. The van der Waals surface area contributed by atoms with Gasteiger partial charge in [-0.3, -0.25) is 9.59 Å². The summed E-state index contributed by atoms with van der Waals surface area (Å²) in [7, 11) is 0. The Morgan fingerprint density at radius 1 is 1.32 bits per heavy atom. The highest BCUT2D eigenvalue weighted by Gasteiger charge is 2.12. The van der Waals surface area contributed by atoms with E-state index < -0.39 is 5.97 Å². The summed E-state index contributed by atoms with van der Waals surface area (Å²) in [6.45, 7) is 8.00. The van der Waals surface area contributed by atoms with E-state index in [1.165, 1.54) is 11.3 Å². The van der Waals surface area contributed by atoms with Crippen LogP contribution in [-0.4, -0.2) is 29.5 Å². The first-order chi connectivity index (χ1) is 10.4. The Kier molecular flexibility index (Phi) is 8.09. The lowest BCUT2D eigenvalue weighted by Crippen LogP contribution is -2.36. The molecule has 0 saturated heterocycles. The van der Waals surface area contributed by atoms with Crippen molar-refractivity contribution >= 4 is 23.2 Å². The lowest BCUT2D eigenvalue weighted by Gasteiger charge is -2.14. The smallest absolute Gasteiger partial charge is 0.312 e. The molecule has 1 rings (SSSR count). The molecule has 1 heterocycles. The van der Waals surface area contributed by atoms with Crippen LogP contribution < -0.4 is 5.32 Å². The van der Waals surface area contributed by atoms with E-state index >= 15 is 0 Å². The highest BCUT2D eigenvalue weighted by atomic mass is 32.1. The minimum atomic E-state index is -0.423. The summed E-state index contributed by atoms with van der Waals surface area (Å²) in [4.78, 5) is 27.5. The van der Waals surface area contributed by atoms with Gasteiger partial charge in [0.2, 0.25) is 0 Å². The molecule has 0 aliphatic carbocycles. The summed E-state index contributed by atoms with van der Waals surface area (Å²) in [5, 5.41) is 5.59. The fraction of sp³-hybridized carbons (Fsp3) is 0.688. The predicted molar refractivity (Wildman–Crippen MR) is 87.8 cm³/mol. The van der Waals surface area contributed by atoms with Crippen LogP contribution in [0.5, 0.6) is 0 Å². The first-order valence-corrected chi connectivity index (χ1v) is 8.60. The molecule has 1 N–H and O–H groups in total. The Morgan fingerprint density at radius 3 is 2.64 bits per heavy atom. The summed E-state index contributed by atoms with van der Waals surface area (Å²) < 4.78 is 4.97. The molecule has 1 unspecified atom stereocenters. The van der Waals surface area contributed by atoms with Gasteiger partial charge in [-0.25, -0.2) is 4.98 Å². The van der Waals surface area contributed by atoms with Crippen molar-refractivity contribution in [1.82, 2.24) is 10.3 Å². The zero-order valence-electron chi connectivity index (χ0n) is 13.8. The lowest BCUT2D eigenvalue weighted by atomic mass is 10.0. The second kappa shape index (κ2) is 9.56. The molecule has 1 atom stereocenters. The fourth-order valence-corrected chi connectivity index (χ4v) is 2.67. The van der Waals surface area contributed by atoms with Gasteiger partial charge in [-0.2, -0.15) is 0 Å². The van der Waals surface area contributed by atoms with Crippen LogP contribution in [0, 0.1) is 12.8 Å². The van der Waals surface area contributed by atoms with E-state index in [-0.39, 0.29) is 25.0 Å². The van der Waals surface area contributed by atoms with Crippen LogP contribution in [0.1, 0.15) is 50.7 Å². The maximum atomic E-state index is 11.7. The Morgan fingerprint density at radius 2 is 2.05 bits per heavy atom. The average Bonchev–Trinajstić information content (AvgIpc) is 2.81. The van der Waals surface area contributed by atoms with E-state index in [0.717, 1.165) is 24.3 Å². The molecule has 0 bridgehead atoms. The zero-order chi connectivity index (χ0) is 16.5. The Balaban J connectivity index is 2.17. The van der Waals surface area contributed by atoms with Crippen LogP contribution >= 0.6 is 11.3 Å². The van der Waals surface area contributed by atoms with Crippen LogP contribution in [0.2, 0.25) is 0 Å². The van der Waals surface area contributed by atoms with Gasteiger partial charge in [0, 0.05) is 11.4 Å². The van der Waals surface area contributed by atoms with E-state index in [1.54, 1.807) is 0 Å². The Labute approximate surface area is 136 Å². The molecule has 0 saturated carbocycles. The van der Waals surface area contributed by atoms with Crippen LogP contribution in [0.15, 0.2) is 5.38 Å². The third-order valence-corrected chi connectivity index (χ3v) is 4.00. The zero-order valence-corrected chi connectivity index (χ0v) is 14.7. The molecule has 6 heteroatoms. The molecule has 0 aliphatic heterocycles. The Bertz CT molecular complexity index is 485. The minimum absolute atomic E-state index is 0.103. The molecular formula is C16H26N2O3S. The van der Waals surface area contributed by atoms with Crippen LogP contribution in [-0.2, 0) is 20.7 Å². The highest BCUT2D eigenvalue weighted by molar-refractivity contribution is 7.09. The normalized spacial score (nSPS) is 12.2. The maximum absolute atomic E-state index is 11.7. The highest BCUT2D eigenvalue weighted by Crippen LogP contribution is 2.09. The number of rotatable bonds is 9. The second-order valence-corrected chi connectivity index (χ2v) is 7.05. The van der Waals surface area contributed by atoms with Crippen molar-refractivity contribution in [3.8, 4) is 0 Å². The monoisotopic (exact) mass is 326 g/mol. The number of carbonyl (C=O) groups excluding carboxylic acids is 2. The molecule has 0 fully saturated rings. The number of hydrogen-bond acceptors (Lipinski definition) is 5. The van der Waals surface area contributed by atoms with Crippen molar-refractivity contribution in [2.45, 2.75) is 59.4 Å². The summed E-state index contributed by atoms with van der Waals surface area (Å²) in [5.74, 6) is 0.00553. The maximum Gasteiger partial charge on any atom is 0.312 e. The van der Waals surface area contributed by atoms with Gasteiger partial charge in [0.05, 0.1) is 17.1 Å². The molecule has 5 nitrogen and oxygen atoms in total. The predicted octanol–water partition coefficient (Wildman–Crippen LogP) is 2.87. The number of ether oxygens (including phenoxy) is 1. The number of aryl methyl sites for hydroxylation is 1. The number of carbonyl (C=O) groups is 2. The van der Waals surface area contributed by atoms with Gasteiger partial charge in [0.25, 0.3) is 5.91 Å². The number of hydrogen-bond donors (Lipinski definition) is 1. The number of nitrogens with zero attached hydrogens (tertiary/aromatic N) is 1. The SMILES string of the molecule is Cc1nc(CC(=O)OCC(=O)NC(C)CCCC(C)C)cs1. The molecule has 124 valence electrons. The molecule has 0 spiro atoms. The number of amides is 1. The number of thiazole rings is 1. The van der Waals surface area contributed by atoms with Gasteiger partial charge in [-0.15, -0.1) is 11.3 Å². The number of aromatic nitrogens is 1.